The molecule has 0 aliphatic carbocycles. The van der Waals surface area contributed by atoms with Crippen LogP contribution in [0, 0.1) is 13.8 Å². The van der Waals surface area contributed by atoms with E-state index in [0.29, 0.717) is 0 Å². The average molecular weight is 294 g/mol. The van der Waals surface area contributed by atoms with E-state index in [2.05, 4.69) is 37.4 Å². The number of aryl methyl sites for hydroxylation is 2. The first kappa shape index (κ1) is 17.1. The summed E-state index contributed by atoms with van der Waals surface area (Å²) in [5.74, 6) is 1.62. The van der Waals surface area contributed by atoms with Gasteiger partial charge in [-0.1, -0.05) is 36.2 Å². The number of benzene rings is 1. The Morgan fingerprint density at radius 2 is 1.90 bits per heavy atom. The molecule has 0 saturated heterocycles. The molecule has 1 atom stereocenters. The van der Waals surface area contributed by atoms with Gasteiger partial charge >= 0.3 is 0 Å². The highest BCUT2D eigenvalue weighted by atomic mass is 32.2. The molecule has 3 N–H and O–H groups in total. The summed E-state index contributed by atoms with van der Waals surface area (Å²) in [7, 11) is 0. The van der Waals surface area contributed by atoms with Crippen molar-refractivity contribution in [2.24, 2.45) is 5.73 Å². The minimum absolute atomic E-state index is 0.272. The van der Waals surface area contributed by atoms with Gasteiger partial charge < -0.3 is 11.1 Å². The van der Waals surface area contributed by atoms with Gasteiger partial charge in [0.15, 0.2) is 0 Å². The van der Waals surface area contributed by atoms with Crippen LogP contribution in [0.15, 0.2) is 18.2 Å². The first-order valence-electron chi connectivity index (χ1n) is 7.07. The highest BCUT2D eigenvalue weighted by Crippen LogP contribution is 2.19. The van der Waals surface area contributed by atoms with Crippen LogP contribution < -0.4 is 11.1 Å². The van der Waals surface area contributed by atoms with Gasteiger partial charge in [0.2, 0.25) is 5.91 Å². The van der Waals surface area contributed by atoms with Crippen molar-refractivity contribution in [3.63, 3.8) is 0 Å². The first-order chi connectivity index (χ1) is 9.37. The maximum atomic E-state index is 11.5. The van der Waals surface area contributed by atoms with Crippen LogP contribution in [0.5, 0.6) is 0 Å². The van der Waals surface area contributed by atoms with Crippen molar-refractivity contribution < 1.29 is 4.79 Å². The number of carbonyl (C=O) groups is 1. The summed E-state index contributed by atoms with van der Waals surface area (Å²) in [5, 5.41) is 3.19. The van der Waals surface area contributed by atoms with Crippen molar-refractivity contribution in [2.75, 3.05) is 12.3 Å². The molecular formula is C16H26N2OS. The molecular weight excluding hydrogens is 268 g/mol. The molecule has 0 aromatic heterocycles. The summed E-state index contributed by atoms with van der Waals surface area (Å²) in [5.41, 5.74) is 8.83. The summed E-state index contributed by atoms with van der Waals surface area (Å²) in [6.07, 6.45) is 0.756. The minimum Gasteiger partial charge on any atom is -0.368 e. The quantitative estimate of drug-likeness (QED) is 0.725. The van der Waals surface area contributed by atoms with Crippen LogP contribution in [0.3, 0.4) is 0 Å². The van der Waals surface area contributed by atoms with Crippen molar-refractivity contribution in [3.8, 4) is 0 Å². The molecule has 20 heavy (non-hydrogen) atoms. The Balaban J connectivity index is 2.46. The highest BCUT2D eigenvalue weighted by molar-refractivity contribution is 7.98. The summed E-state index contributed by atoms with van der Waals surface area (Å²) < 4.78 is 0. The fraction of sp³-hybridized carbons (Fsp3) is 0.562. The van der Waals surface area contributed by atoms with Crippen LogP contribution in [0.25, 0.3) is 0 Å². The number of nitrogens with one attached hydrogen (secondary N) is 1. The molecule has 0 fully saturated rings. The summed E-state index contributed by atoms with van der Waals surface area (Å²) >= 11 is 1.85. The smallest absolute Gasteiger partial charge is 0.237 e. The lowest BCUT2D eigenvalue weighted by molar-refractivity contribution is -0.123. The Kier molecular flexibility index (Phi) is 6.56. The third-order valence-corrected chi connectivity index (χ3v) is 4.44. The van der Waals surface area contributed by atoms with E-state index in [4.69, 9.17) is 5.73 Å². The van der Waals surface area contributed by atoms with E-state index in [1.807, 2.05) is 25.6 Å². The van der Waals surface area contributed by atoms with Crippen LogP contribution in [0.2, 0.25) is 0 Å². The lowest BCUT2D eigenvalue weighted by atomic mass is 9.98. The second-order valence-corrected chi connectivity index (χ2v) is 6.63. The molecule has 0 saturated carbocycles. The van der Waals surface area contributed by atoms with Crippen molar-refractivity contribution in [1.29, 1.82) is 0 Å². The minimum atomic E-state index is -0.593. The highest BCUT2D eigenvalue weighted by Gasteiger charge is 2.29. The van der Waals surface area contributed by atoms with Gasteiger partial charge in [-0.15, -0.1) is 0 Å². The molecule has 1 unspecified atom stereocenters. The zero-order valence-corrected chi connectivity index (χ0v) is 13.8. The second kappa shape index (κ2) is 7.70. The molecule has 0 aliphatic rings. The standard InChI is InChI=1S/C16H26N2OS/c1-5-18-16(4,15(17)19)6-7-20-11-14-9-12(2)8-13(3)10-14/h8-10,18H,5-7,11H2,1-4H3,(H2,17,19). The van der Waals surface area contributed by atoms with Gasteiger partial charge in [0.1, 0.15) is 0 Å². The van der Waals surface area contributed by atoms with Crippen LogP contribution in [-0.2, 0) is 10.5 Å². The lowest BCUT2D eigenvalue weighted by Crippen LogP contribution is -2.53. The third-order valence-electron chi connectivity index (χ3n) is 3.41. The first-order valence-corrected chi connectivity index (χ1v) is 8.22. The van der Waals surface area contributed by atoms with E-state index in [9.17, 15) is 4.79 Å². The zero-order valence-electron chi connectivity index (χ0n) is 13.0. The molecule has 0 heterocycles. The SMILES string of the molecule is CCNC(C)(CCSCc1cc(C)cc(C)c1)C(N)=O. The number of rotatable bonds is 8. The lowest BCUT2D eigenvalue weighted by Gasteiger charge is -2.26. The molecule has 1 aromatic carbocycles. The number of carbonyl (C=O) groups excluding carboxylic acids is 1. The van der Waals surface area contributed by atoms with E-state index >= 15 is 0 Å². The molecule has 3 nitrogen and oxygen atoms in total. The Morgan fingerprint density at radius 1 is 1.30 bits per heavy atom. The fourth-order valence-electron chi connectivity index (χ4n) is 2.31. The van der Waals surface area contributed by atoms with E-state index in [0.717, 1.165) is 24.5 Å². The molecule has 0 aliphatic heterocycles. The van der Waals surface area contributed by atoms with Crippen LogP contribution in [0.1, 0.15) is 37.0 Å². The van der Waals surface area contributed by atoms with E-state index in [-0.39, 0.29) is 5.91 Å². The molecule has 4 heteroatoms. The maximum Gasteiger partial charge on any atom is 0.237 e. The average Bonchev–Trinajstić information content (AvgIpc) is 2.33. The molecule has 1 amide bonds. The van der Waals surface area contributed by atoms with Crippen LogP contribution in [-0.4, -0.2) is 23.7 Å². The third kappa shape index (κ3) is 5.17. The van der Waals surface area contributed by atoms with E-state index in [1.54, 1.807) is 0 Å². The van der Waals surface area contributed by atoms with Crippen molar-refractivity contribution in [3.05, 3.63) is 34.9 Å². The predicted octanol–water partition coefficient (Wildman–Crippen LogP) is 2.78. The Morgan fingerprint density at radius 3 is 2.40 bits per heavy atom. The van der Waals surface area contributed by atoms with Crippen LogP contribution >= 0.6 is 11.8 Å². The number of hydrogen-bond acceptors (Lipinski definition) is 3. The number of nitrogens with two attached hydrogens (primary N) is 1. The van der Waals surface area contributed by atoms with Crippen molar-refractivity contribution >= 4 is 17.7 Å². The number of likely N-dealkylation sites (N-methyl/N-ethyl adjacent to an activating group) is 1. The molecule has 0 spiro atoms. The summed E-state index contributed by atoms with van der Waals surface area (Å²) in [4.78, 5) is 11.5. The largest absolute Gasteiger partial charge is 0.368 e. The monoisotopic (exact) mass is 294 g/mol. The molecule has 0 radical (unpaired) electrons. The van der Waals surface area contributed by atoms with Crippen molar-refractivity contribution in [2.45, 2.75) is 45.4 Å². The Labute approximate surface area is 126 Å². The van der Waals surface area contributed by atoms with Gasteiger partial charge in [-0.2, -0.15) is 11.8 Å². The second-order valence-electron chi connectivity index (χ2n) is 5.53. The number of amides is 1. The predicted molar refractivity (Wildman–Crippen MR) is 88.0 cm³/mol. The molecule has 0 bridgehead atoms. The molecule has 1 rings (SSSR count). The number of primary amides is 1. The number of thioether (sulfide) groups is 1. The fourth-order valence-corrected chi connectivity index (χ4v) is 3.41. The van der Waals surface area contributed by atoms with Gasteiger partial charge in [0.25, 0.3) is 0 Å². The normalized spacial score (nSPS) is 14.0. The van der Waals surface area contributed by atoms with Gasteiger partial charge in [0.05, 0.1) is 5.54 Å². The summed E-state index contributed by atoms with van der Waals surface area (Å²) in [6, 6.07) is 6.62. The number of hydrogen-bond donors (Lipinski definition) is 2. The maximum absolute atomic E-state index is 11.5. The van der Waals surface area contributed by atoms with E-state index < -0.39 is 5.54 Å². The molecule has 1 aromatic rings. The topological polar surface area (TPSA) is 55.1 Å². The molecule has 112 valence electrons. The van der Waals surface area contributed by atoms with Gasteiger partial charge in [-0.25, -0.2) is 0 Å². The Hall–Kier alpha value is -1.00. The summed E-state index contributed by atoms with van der Waals surface area (Å²) in [6.45, 7) is 8.87. The van der Waals surface area contributed by atoms with Crippen LogP contribution in [0.4, 0.5) is 0 Å². The van der Waals surface area contributed by atoms with Gasteiger partial charge in [-0.05, 0) is 45.1 Å². The van der Waals surface area contributed by atoms with Crippen molar-refractivity contribution in [1.82, 2.24) is 5.32 Å². The van der Waals surface area contributed by atoms with Gasteiger partial charge in [0, 0.05) is 5.75 Å². The zero-order chi connectivity index (χ0) is 15.2. The van der Waals surface area contributed by atoms with E-state index in [1.165, 1.54) is 16.7 Å². The van der Waals surface area contributed by atoms with Gasteiger partial charge in [-0.3, -0.25) is 4.79 Å². The Bertz CT molecular complexity index is 442.